The van der Waals surface area contributed by atoms with Crippen molar-refractivity contribution in [1.82, 2.24) is 9.80 Å². The highest BCUT2D eigenvalue weighted by atomic mass is 16.5. The van der Waals surface area contributed by atoms with Crippen molar-refractivity contribution in [3.8, 4) is 0 Å². The Morgan fingerprint density at radius 2 is 1.76 bits per heavy atom. The maximum absolute atomic E-state index is 11.3. The maximum Gasteiger partial charge on any atom is 0.320 e. The van der Waals surface area contributed by atoms with Gasteiger partial charge in [0, 0.05) is 32.7 Å². The number of rotatable bonds is 5. The van der Waals surface area contributed by atoms with E-state index >= 15 is 0 Å². The summed E-state index contributed by atoms with van der Waals surface area (Å²) < 4.78 is 4.92. The molecule has 1 rings (SSSR count). The summed E-state index contributed by atoms with van der Waals surface area (Å²) in [5.41, 5.74) is -0.649. The number of hydrogen-bond donors (Lipinski definition) is 1. The van der Waals surface area contributed by atoms with Crippen molar-refractivity contribution in [3.05, 3.63) is 0 Å². The first-order chi connectivity index (χ1) is 7.90. The van der Waals surface area contributed by atoms with Gasteiger partial charge in [0.1, 0.15) is 0 Å². The third kappa shape index (κ3) is 6.00. The number of ether oxygens (including phenoxy) is 1. The summed E-state index contributed by atoms with van der Waals surface area (Å²) in [6.45, 7) is 10.5. The number of carbonyl (C=O) groups is 1. The molecule has 5 nitrogen and oxygen atoms in total. The molecule has 0 spiro atoms. The fourth-order valence-corrected chi connectivity index (χ4v) is 2.04. The summed E-state index contributed by atoms with van der Waals surface area (Å²) >= 11 is 0. The maximum atomic E-state index is 11.3. The van der Waals surface area contributed by atoms with Crippen LogP contribution < -0.4 is 0 Å². The first-order valence-corrected chi connectivity index (χ1v) is 6.23. The highest BCUT2D eigenvalue weighted by Crippen LogP contribution is 2.08. The number of carbonyl (C=O) groups excluding carboxylic acids is 1. The average molecular weight is 244 g/mol. The van der Waals surface area contributed by atoms with E-state index in [1.54, 1.807) is 0 Å². The molecule has 0 aromatic rings. The molecule has 1 aliphatic heterocycles. The van der Waals surface area contributed by atoms with E-state index in [2.05, 4.69) is 9.80 Å². The Kier molecular flexibility index (Phi) is 5.36. The van der Waals surface area contributed by atoms with Gasteiger partial charge in [-0.3, -0.25) is 14.6 Å². The zero-order chi connectivity index (χ0) is 12.9. The van der Waals surface area contributed by atoms with Gasteiger partial charge in [-0.05, 0) is 20.8 Å². The fourth-order valence-electron chi connectivity index (χ4n) is 2.04. The molecule has 0 saturated carbocycles. The Labute approximate surface area is 103 Å². The van der Waals surface area contributed by atoms with E-state index in [4.69, 9.17) is 4.74 Å². The topological polar surface area (TPSA) is 53.0 Å². The first-order valence-electron chi connectivity index (χ1n) is 6.23. The third-order valence-corrected chi connectivity index (χ3v) is 2.73. The van der Waals surface area contributed by atoms with Gasteiger partial charge in [0.2, 0.25) is 0 Å². The van der Waals surface area contributed by atoms with Crippen LogP contribution in [-0.2, 0) is 9.53 Å². The van der Waals surface area contributed by atoms with Gasteiger partial charge in [-0.2, -0.15) is 0 Å². The first kappa shape index (κ1) is 14.4. The van der Waals surface area contributed by atoms with Crippen LogP contribution in [0.3, 0.4) is 0 Å². The number of piperazine rings is 1. The number of nitrogens with zero attached hydrogens (tertiary/aromatic N) is 2. The predicted molar refractivity (Wildman–Crippen MR) is 65.8 cm³/mol. The molecule has 0 bridgehead atoms. The minimum atomic E-state index is -0.649. The standard InChI is InChI=1S/C12H24N2O3/c1-4-17-11(15)9-13-5-7-14(8-6-13)10-12(2,3)16/h16H,4-10H2,1-3H3. The molecule has 0 unspecified atom stereocenters. The summed E-state index contributed by atoms with van der Waals surface area (Å²) in [5.74, 6) is -0.150. The number of β-amino-alcohol motifs (C(OH)–C–C–N with tert-alkyl or cyclic N) is 1. The zero-order valence-corrected chi connectivity index (χ0v) is 11.1. The van der Waals surface area contributed by atoms with Crippen molar-refractivity contribution < 1.29 is 14.6 Å². The Bertz CT molecular complexity index is 243. The van der Waals surface area contributed by atoms with E-state index in [9.17, 15) is 9.90 Å². The molecule has 1 N–H and O–H groups in total. The van der Waals surface area contributed by atoms with Crippen molar-refractivity contribution >= 4 is 5.97 Å². The average Bonchev–Trinajstić information content (AvgIpc) is 2.19. The third-order valence-electron chi connectivity index (χ3n) is 2.73. The molecule has 0 aromatic carbocycles. The van der Waals surface area contributed by atoms with Crippen LogP contribution in [0.5, 0.6) is 0 Å². The summed E-state index contributed by atoms with van der Waals surface area (Å²) in [6, 6.07) is 0. The van der Waals surface area contributed by atoms with Gasteiger partial charge < -0.3 is 9.84 Å². The number of esters is 1. The Balaban J connectivity index is 2.24. The van der Waals surface area contributed by atoms with E-state index in [1.165, 1.54) is 0 Å². The number of aliphatic hydroxyl groups is 1. The quantitative estimate of drug-likeness (QED) is 0.687. The molecule has 17 heavy (non-hydrogen) atoms. The smallest absolute Gasteiger partial charge is 0.320 e. The largest absolute Gasteiger partial charge is 0.465 e. The van der Waals surface area contributed by atoms with Crippen LogP contribution in [0.1, 0.15) is 20.8 Å². The van der Waals surface area contributed by atoms with Crippen LogP contribution >= 0.6 is 0 Å². The van der Waals surface area contributed by atoms with Crippen LogP contribution in [0.2, 0.25) is 0 Å². The second kappa shape index (κ2) is 6.33. The number of hydrogen-bond acceptors (Lipinski definition) is 5. The molecule has 1 saturated heterocycles. The van der Waals surface area contributed by atoms with Gasteiger partial charge in [-0.1, -0.05) is 0 Å². The fraction of sp³-hybridized carbons (Fsp3) is 0.917. The molecular formula is C12H24N2O3. The summed E-state index contributed by atoms with van der Waals surface area (Å²) in [7, 11) is 0. The van der Waals surface area contributed by atoms with Crippen molar-refractivity contribution in [2.24, 2.45) is 0 Å². The Hall–Kier alpha value is -0.650. The lowest BCUT2D eigenvalue weighted by Gasteiger charge is -2.36. The van der Waals surface area contributed by atoms with Crippen LogP contribution in [0.25, 0.3) is 0 Å². The van der Waals surface area contributed by atoms with Crippen molar-refractivity contribution in [3.63, 3.8) is 0 Å². The van der Waals surface area contributed by atoms with Crippen molar-refractivity contribution in [1.29, 1.82) is 0 Å². The van der Waals surface area contributed by atoms with Gasteiger partial charge in [0.05, 0.1) is 18.8 Å². The predicted octanol–water partition coefficient (Wildman–Crippen LogP) is -0.0620. The highest BCUT2D eigenvalue weighted by molar-refractivity contribution is 5.71. The summed E-state index contributed by atoms with van der Waals surface area (Å²) in [4.78, 5) is 15.6. The second-order valence-electron chi connectivity index (χ2n) is 5.17. The zero-order valence-electron chi connectivity index (χ0n) is 11.1. The van der Waals surface area contributed by atoms with Gasteiger partial charge in [0.15, 0.2) is 0 Å². The molecular weight excluding hydrogens is 220 g/mol. The van der Waals surface area contributed by atoms with Crippen LogP contribution in [0.15, 0.2) is 0 Å². The van der Waals surface area contributed by atoms with Gasteiger partial charge in [0.25, 0.3) is 0 Å². The second-order valence-corrected chi connectivity index (χ2v) is 5.17. The highest BCUT2D eigenvalue weighted by Gasteiger charge is 2.23. The van der Waals surface area contributed by atoms with E-state index in [0.717, 1.165) is 26.2 Å². The molecule has 5 heteroatoms. The minimum Gasteiger partial charge on any atom is -0.465 e. The molecule has 0 aromatic heterocycles. The molecule has 1 aliphatic rings. The van der Waals surface area contributed by atoms with E-state index in [0.29, 0.717) is 19.7 Å². The monoisotopic (exact) mass is 244 g/mol. The lowest BCUT2D eigenvalue weighted by Crippen LogP contribution is -2.51. The molecule has 0 radical (unpaired) electrons. The molecule has 0 aliphatic carbocycles. The minimum absolute atomic E-state index is 0.150. The SMILES string of the molecule is CCOC(=O)CN1CCN(CC(C)(C)O)CC1. The summed E-state index contributed by atoms with van der Waals surface area (Å²) in [6.07, 6.45) is 0. The Morgan fingerprint density at radius 3 is 2.24 bits per heavy atom. The van der Waals surface area contributed by atoms with Crippen molar-refractivity contribution in [2.75, 3.05) is 45.9 Å². The van der Waals surface area contributed by atoms with E-state index < -0.39 is 5.60 Å². The molecule has 0 atom stereocenters. The molecule has 0 amide bonds. The molecule has 1 heterocycles. The lowest BCUT2D eigenvalue weighted by molar-refractivity contribution is -0.145. The van der Waals surface area contributed by atoms with Gasteiger partial charge >= 0.3 is 5.97 Å². The normalized spacial score (nSPS) is 19.3. The van der Waals surface area contributed by atoms with Gasteiger partial charge in [-0.25, -0.2) is 0 Å². The van der Waals surface area contributed by atoms with Crippen LogP contribution in [-0.4, -0.2) is 72.4 Å². The van der Waals surface area contributed by atoms with Gasteiger partial charge in [-0.15, -0.1) is 0 Å². The lowest BCUT2D eigenvalue weighted by atomic mass is 10.1. The van der Waals surface area contributed by atoms with Crippen LogP contribution in [0, 0.1) is 0 Å². The van der Waals surface area contributed by atoms with Crippen LogP contribution in [0.4, 0.5) is 0 Å². The van der Waals surface area contributed by atoms with E-state index in [-0.39, 0.29) is 5.97 Å². The molecule has 100 valence electrons. The summed E-state index contributed by atoms with van der Waals surface area (Å²) in [5, 5.41) is 9.72. The van der Waals surface area contributed by atoms with E-state index in [1.807, 2.05) is 20.8 Å². The van der Waals surface area contributed by atoms with Crippen molar-refractivity contribution in [2.45, 2.75) is 26.4 Å². The Morgan fingerprint density at radius 1 is 1.24 bits per heavy atom. The molecule has 1 fully saturated rings.